The number of primary amides is 1. The molecule has 3 N–H and O–H groups in total. The minimum absolute atomic E-state index is 0.165. The maximum absolute atomic E-state index is 11.0. The molecule has 1 rings (SSSR count). The van der Waals surface area contributed by atoms with Gasteiger partial charge in [-0.2, -0.15) is 0 Å². The fraction of sp³-hybridized carbons (Fsp3) is 0.923. The van der Waals surface area contributed by atoms with E-state index in [1.807, 2.05) is 0 Å². The molecule has 1 fully saturated rings. The monoisotopic (exact) mass is 226 g/mol. The maximum atomic E-state index is 11.0. The Kier molecular flexibility index (Phi) is 4.78. The van der Waals surface area contributed by atoms with Crippen LogP contribution in [0.15, 0.2) is 0 Å². The minimum Gasteiger partial charge on any atom is -0.370 e. The summed E-state index contributed by atoms with van der Waals surface area (Å²) in [6.45, 7) is 6.39. The van der Waals surface area contributed by atoms with Gasteiger partial charge < -0.3 is 11.1 Å². The number of carbonyl (C=O) groups excluding carboxylic acids is 1. The molecule has 94 valence electrons. The van der Waals surface area contributed by atoms with Crippen molar-refractivity contribution in [2.45, 2.75) is 70.9 Å². The third-order valence-corrected chi connectivity index (χ3v) is 3.63. The topological polar surface area (TPSA) is 55.1 Å². The zero-order chi connectivity index (χ0) is 12.2. The largest absolute Gasteiger partial charge is 0.370 e. The van der Waals surface area contributed by atoms with Crippen molar-refractivity contribution in [1.29, 1.82) is 0 Å². The molecule has 1 aliphatic rings. The average molecular weight is 226 g/mol. The standard InChI is InChI=1S/C13H26N2O/c1-4-10-7-5-6-8-11(10)15-13(2,3)9-12(14)16/h10-11,15H,4-9H2,1-3H3,(H2,14,16). The Morgan fingerprint density at radius 2 is 2.00 bits per heavy atom. The molecule has 0 aromatic carbocycles. The molecule has 0 aromatic heterocycles. The van der Waals surface area contributed by atoms with E-state index in [0.717, 1.165) is 5.92 Å². The molecule has 0 spiro atoms. The van der Waals surface area contributed by atoms with Crippen LogP contribution in [0, 0.1) is 5.92 Å². The number of nitrogens with one attached hydrogen (secondary N) is 1. The molecule has 1 aliphatic carbocycles. The average Bonchev–Trinajstić information content (AvgIpc) is 2.15. The van der Waals surface area contributed by atoms with E-state index in [2.05, 4.69) is 26.1 Å². The summed E-state index contributed by atoms with van der Waals surface area (Å²) in [7, 11) is 0. The quantitative estimate of drug-likeness (QED) is 0.755. The zero-order valence-electron chi connectivity index (χ0n) is 10.9. The van der Waals surface area contributed by atoms with Gasteiger partial charge in [0.1, 0.15) is 0 Å². The predicted molar refractivity (Wildman–Crippen MR) is 67.1 cm³/mol. The summed E-state index contributed by atoms with van der Waals surface area (Å²) in [5, 5.41) is 3.63. The van der Waals surface area contributed by atoms with Gasteiger partial charge in [-0.25, -0.2) is 0 Å². The van der Waals surface area contributed by atoms with Crippen LogP contribution in [0.4, 0.5) is 0 Å². The van der Waals surface area contributed by atoms with Crippen LogP contribution in [0.5, 0.6) is 0 Å². The fourth-order valence-corrected chi connectivity index (χ4v) is 2.87. The Bertz CT molecular complexity index is 238. The van der Waals surface area contributed by atoms with Gasteiger partial charge in [-0.3, -0.25) is 4.79 Å². The Morgan fingerprint density at radius 1 is 1.38 bits per heavy atom. The molecular weight excluding hydrogens is 200 g/mol. The van der Waals surface area contributed by atoms with E-state index in [1.54, 1.807) is 0 Å². The number of carbonyl (C=O) groups is 1. The summed E-state index contributed by atoms with van der Waals surface area (Å²) in [5.74, 6) is 0.544. The van der Waals surface area contributed by atoms with Crippen molar-refractivity contribution in [3.05, 3.63) is 0 Å². The molecule has 16 heavy (non-hydrogen) atoms. The molecular formula is C13H26N2O. The number of amides is 1. The van der Waals surface area contributed by atoms with Crippen LogP contribution in [-0.2, 0) is 4.79 Å². The smallest absolute Gasteiger partial charge is 0.219 e. The van der Waals surface area contributed by atoms with E-state index in [-0.39, 0.29) is 11.4 Å². The zero-order valence-corrected chi connectivity index (χ0v) is 10.9. The van der Waals surface area contributed by atoms with Gasteiger partial charge in [-0.1, -0.05) is 26.2 Å². The van der Waals surface area contributed by atoms with Gasteiger partial charge in [-0.15, -0.1) is 0 Å². The molecule has 1 amide bonds. The molecule has 0 aromatic rings. The molecule has 0 heterocycles. The van der Waals surface area contributed by atoms with Crippen molar-refractivity contribution in [3.63, 3.8) is 0 Å². The first-order valence-corrected chi connectivity index (χ1v) is 6.50. The predicted octanol–water partition coefficient (Wildman–Crippen LogP) is 2.20. The van der Waals surface area contributed by atoms with Crippen LogP contribution in [0.2, 0.25) is 0 Å². The molecule has 0 aliphatic heterocycles. The lowest BCUT2D eigenvalue weighted by Gasteiger charge is -2.38. The number of nitrogens with two attached hydrogens (primary N) is 1. The van der Waals surface area contributed by atoms with E-state index < -0.39 is 0 Å². The molecule has 0 saturated heterocycles. The molecule has 3 heteroatoms. The number of hydrogen-bond donors (Lipinski definition) is 2. The molecule has 3 nitrogen and oxygen atoms in total. The second kappa shape index (κ2) is 5.67. The first kappa shape index (κ1) is 13.5. The molecule has 0 bridgehead atoms. The molecule has 2 unspecified atom stereocenters. The van der Waals surface area contributed by atoms with Crippen LogP contribution in [0.1, 0.15) is 59.3 Å². The van der Waals surface area contributed by atoms with Gasteiger partial charge in [0.15, 0.2) is 0 Å². The van der Waals surface area contributed by atoms with Gasteiger partial charge in [0.2, 0.25) is 5.91 Å². The van der Waals surface area contributed by atoms with Gasteiger partial charge >= 0.3 is 0 Å². The highest BCUT2D eigenvalue weighted by Gasteiger charge is 2.29. The first-order valence-electron chi connectivity index (χ1n) is 6.50. The van der Waals surface area contributed by atoms with Gasteiger partial charge in [-0.05, 0) is 32.6 Å². The number of rotatable bonds is 5. The summed E-state index contributed by atoms with van der Waals surface area (Å²) in [6, 6.07) is 0.563. The summed E-state index contributed by atoms with van der Waals surface area (Å²) in [5.41, 5.74) is 5.11. The molecule has 2 atom stereocenters. The maximum Gasteiger partial charge on any atom is 0.219 e. The van der Waals surface area contributed by atoms with Crippen LogP contribution < -0.4 is 11.1 Å². The van der Waals surface area contributed by atoms with Crippen LogP contribution in [0.25, 0.3) is 0 Å². The Morgan fingerprint density at radius 3 is 2.56 bits per heavy atom. The second-order valence-electron chi connectivity index (χ2n) is 5.73. The van der Waals surface area contributed by atoms with Crippen molar-refractivity contribution >= 4 is 5.91 Å². The van der Waals surface area contributed by atoms with Crippen molar-refractivity contribution in [1.82, 2.24) is 5.32 Å². The Labute approximate surface area is 99.2 Å². The van der Waals surface area contributed by atoms with E-state index in [9.17, 15) is 4.79 Å². The Hall–Kier alpha value is -0.570. The lowest BCUT2D eigenvalue weighted by Crippen LogP contribution is -2.51. The van der Waals surface area contributed by atoms with Crippen molar-refractivity contribution < 1.29 is 4.79 Å². The SMILES string of the molecule is CCC1CCCCC1NC(C)(C)CC(N)=O. The van der Waals surface area contributed by atoms with Crippen LogP contribution in [0.3, 0.4) is 0 Å². The highest BCUT2D eigenvalue weighted by molar-refractivity contribution is 5.75. The van der Waals surface area contributed by atoms with Crippen LogP contribution in [-0.4, -0.2) is 17.5 Å². The highest BCUT2D eigenvalue weighted by atomic mass is 16.1. The third kappa shape index (κ3) is 4.12. The minimum atomic E-state index is -0.221. The summed E-state index contributed by atoms with van der Waals surface area (Å²) >= 11 is 0. The van der Waals surface area contributed by atoms with Gasteiger partial charge in [0.25, 0.3) is 0 Å². The second-order valence-corrected chi connectivity index (χ2v) is 5.73. The molecule has 0 radical (unpaired) electrons. The van der Waals surface area contributed by atoms with Crippen molar-refractivity contribution in [2.75, 3.05) is 0 Å². The first-order chi connectivity index (χ1) is 7.44. The van der Waals surface area contributed by atoms with Crippen molar-refractivity contribution in [2.24, 2.45) is 11.7 Å². The lowest BCUT2D eigenvalue weighted by atomic mass is 9.81. The van der Waals surface area contributed by atoms with E-state index >= 15 is 0 Å². The van der Waals surface area contributed by atoms with Crippen molar-refractivity contribution in [3.8, 4) is 0 Å². The summed E-state index contributed by atoms with van der Waals surface area (Å²) in [4.78, 5) is 11.0. The van der Waals surface area contributed by atoms with E-state index in [4.69, 9.17) is 5.73 Å². The Balaban J connectivity index is 2.52. The summed E-state index contributed by atoms with van der Waals surface area (Å²) < 4.78 is 0. The summed E-state index contributed by atoms with van der Waals surface area (Å²) in [6.07, 6.45) is 6.86. The van der Waals surface area contributed by atoms with E-state index in [1.165, 1.54) is 32.1 Å². The molecule has 1 saturated carbocycles. The van der Waals surface area contributed by atoms with Gasteiger partial charge in [0, 0.05) is 18.0 Å². The lowest BCUT2D eigenvalue weighted by molar-refractivity contribution is -0.119. The van der Waals surface area contributed by atoms with E-state index in [0.29, 0.717) is 12.5 Å². The normalized spacial score (nSPS) is 26.7. The highest BCUT2D eigenvalue weighted by Crippen LogP contribution is 2.28. The van der Waals surface area contributed by atoms with Gasteiger partial charge in [0.05, 0.1) is 0 Å². The third-order valence-electron chi connectivity index (χ3n) is 3.63. The van der Waals surface area contributed by atoms with Crippen LogP contribution >= 0.6 is 0 Å². The fourth-order valence-electron chi connectivity index (χ4n) is 2.87. The number of hydrogen-bond acceptors (Lipinski definition) is 2.